The highest BCUT2D eigenvalue weighted by atomic mass is 35.5. The van der Waals surface area contributed by atoms with E-state index >= 15 is 0 Å². The first-order chi connectivity index (χ1) is 9.04. The maximum absolute atomic E-state index is 6.02. The maximum atomic E-state index is 6.02. The van der Waals surface area contributed by atoms with E-state index in [1.165, 1.54) is 0 Å². The van der Waals surface area contributed by atoms with E-state index in [0.717, 1.165) is 22.2 Å². The molecule has 0 saturated heterocycles. The van der Waals surface area contributed by atoms with Gasteiger partial charge in [-0.25, -0.2) is 0 Å². The molecule has 0 saturated carbocycles. The van der Waals surface area contributed by atoms with E-state index in [9.17, 15) is 0 Å². The van der Waals surface area contributed by atoms with Crippen LogP contribution in [0.5, 0.6) is 0 Å². The number of aromatic amines is 1. The first-order valence-corrected chi connectivity index (χ1v) is 6.99. The molecule has 19 heavy (non-hydrogen) atoms. The molecule has 0 spiro atoms. The summed E-state index contributed by atoms with van der Waals surface area (Å²) in [6.45, 7) is 0. The van der Waals surface area contributed by atoms with Crippen LogP contribution >= 0.6 is 46.4 Å². The Morgan fingerprint density at radius 2 is 1.37 bits per heavy atom. The molecule has 0 amide bonds. The third kappa shape index (κ3) is 2.44. The van der Waals surface area contributed by atoms with Gasteiger partial charge in [0.25, 0.3) is 0 Å². The molecular weight excluding hydrogens is 324 g/mol. The number of hydrogen-bond acceptors (Lipinski definition) is 0. The highest BCUT2D eigenvalue weighted by Crippen LogP contribution is 2.33. The minimum Gasteiger partial charge on any atom is -0.354 e. The number of hydrogen-bond donors (Lipinski definition) is 1. The quantitative estimate of drug-likeness (QED) is 0.527. The van der Waals surface area contributed by atoms with Crippen LogP contribution < -0.4 is 0 Å². The Morgan fingerprint density at radius 1 is 0.684 bits per heavy atom. The van der Waals surface area contributed by atoms with Gasteiger partial charge in [0, 0.05) is 16.6 Å². The molecule has 1 N–H and O–H groups in total. The summed E-state index contributed by atoms with van der Waals surface area (Å²) in [7, 11) is 0. The lowest BCUT2D eigenvalue weighted by atomic mass is 10.1. The molecule has 0 radical (unpaired) electrons. The molecule has 5 heteroatoms. The zero-order valence-corrected chi connectivity index (χ0v) is 12.5. The van der Waals surface area contributed by atoms with Crippen LogP contribution in [0.25, 0.3) is 22.2 Å². The fourth-order valence-electron chi connectivity index (χ4n) is 1.95. The molecule has 0 bridgehead atoms. The van der Waals surface area contributed by atoms with Crippen molar-refractivity contribution in [2.24, 2.45) is 0 Å². The molecule has 1 aromatic heterocycles. The minimum absolute atomic E-state index is 0.522. The van der Waals surface area contributed by atoms with Crippen LogP contribution in [0.15, 0.2) is 36.4 Å². The Balaban J connectivity index is 2.17. The summed E-state index contributed by atoms with van der Waals surface area (Å²) >= 11 is 23.9. The van der Waals surface area contributed by atoms with Crippen molar-refractivity contribution in [2.45, 2.75) is 0 Å². The Kier molecular flexibility index (Phi) is 3.40. The van der Waals surface area contributed by atoms with E-state index in [4.69, 9.17) is 46.4 Å². The lowest BCUT2D eigenvalue weighted by molar-refractivity contribution is 1.45. The van der Waals surface area contributed by atoms with Gasteiger partial charge in [-0.2, -0.15) is 0 Å². The normalized spacial score (nSPS) is 11.2. The van der Waals surface area contributed by atoms with Gasteiger partial charge in [-0.15, -0.1) is 0 Å². The van der Waals surface area contributed by atoms with Gasteiger partial charge in [-0.1, -0.05) is 52.5 Å². The fraction of sp³-hybridized carbons (Fsp3) is 0. The molecule has 1 heterocycles. The van der Waals surface area contributed by atoms with Crippen molar-refractivity contribution in [3.05, 3.63) is 56.5 Å². The first kappa shape index (κ1) is 13.1. The maximum Gasteiger partial charge on any atom is 0.0613 e. The summed E-state index contributed by atoms with van der Waals surface area (Å²) in [6, 6.07) is 11.1. The van der Waals surface area contributed by atoms with E-state index < -0.39 is 0 Å². The molecule has 96 valence electrons. The fourth-order valence-corrected chi connectivity index (χ4v) is 2.58. The minimum atomic E-state index is 0.522. The summed E-state index contributed by atoms with van der Waals surface area (Å²) in [4.78, 5) is 3.28. The van der Waals surface area contributed by atoms with Crippen molar-refractivity contribution < 1.29 is 0 Å². The van der Waals surface area contributed by atoms with Crippen LogP contribution in [0.4, 0.5) is 0 Å². The number of fused-ring (bicyclic) bond motifs is 1. The second-order valence-corrected chi connectivity index (χ2v) is 5.79. The Bertz CT molecular complexity index is 737. The molecule has 3 rings (SSSR count). The number of halogens is 4. The van der Waals surface area contributed by atoms with Gasteiger partial charge in [0.15, 0.2) is 0 Å². The molecule has 0 fully saturated rings. The number of aromatic nitrogens is 1. The molecule has 0 unspecified atom stereocenters. The third-order valence-electron chi connectivity index (χ3n) is 2.89. The smallest absolute Gasteiger partial charge is 0.0613 e. The largest absolute Gasteiger partial charge is 0.354 e. The number of benzene rings is 2. The van der Waals surface area contributed by atoms with Gasteiger partial charge in [-0.05, 0) is 35.9 Å². The number of rotatable bonds is 1. The zero-order chi connectivity index (χ0) is 13.6. The highest BCUT2D eigenvalue weighted by Gasteiger charge is 2.08. The van der Waals surface area contributed by atoms with E-state index in [1.807, 2.05) is 24.3 Å². The third-order valence-corrected chi connectivity index (χ3v) is 4.35. The van der Waals surface area contributed by atoms with Crippen LogP contribution in [-0.2, 0) is 0 Å². The number of H-pyrrole nitrogens is 1. The van der Waals surface area contributed by atoms with Crippen LogP contribution in [0.1, 0.15) is 0 Å². The zero-order valence-electron chi connectivity index (χ0n) is 9.48. The molecule has 3 aromatic rings. The van der Waals surface area contributed by atoms with E-state index in [0.29, 0.717) is 20.1 Å². The van der Waals surface area contributed by atoms with Gasteiger partial charge in [0.05, 0.1) is 20.1 Å². The van der Waals surface area contributed by atoms with E-state index in [-0.39, 0.29) is 0 Å². The topological polar surface area (TPSA) is 15.8 Å². The SMILES string of the molecule is Clc1ccc(-c2cc3cc(Cl)c(Cl)cc3[nH]2)cc1Cl. The van der Waals surface area contributed by atoms with Gasteiger partial charge in [0.2, 0.25) is 0 Å². The van der Waals surface area contributed by atoms with Crippen LogP contribution in [-0.4, -0.2) is 4.98 Å². The average Bonchev–Trinajstić information content (AvgIpc) is 2.76. The van der Waals surface area contributed by atoms with Crippen LogP contribution in [0.2, 0.25) is 20.1 Å². The van der Waals surface area contributed by atoms with Crippen molar-refractivity contribution in [2.75, 3.05) is 0 Å². The Labute approximate surface area is 130 Å². The standard InChI is InChI=1S/C14H7Cl4N/c15-9-2-1-7(3-10(9)16)13-5-8-4-11(17)12(18)6-14(8)19-13/h1-6,19H. The predicted molar refractivity (Wildman–Crippen MR) is 83.8 cm³/mol. The summed E-state index contributed by atoms with van der Waals surface area (Å²) in [5.74, 6) is 0. The Morgan fingerprint density at radius 3 is 2.11 bits per heavy atom. The Hall–Kier alpha value is -0.860. The average molecular weight is 331 g/mol. The predicted octanol–water partition coefficient (Wildman–Crippen LogP) is 6.45. The van der Waals surface area contributed by atoms with Crippen LogP contribution in [0, 0.1) is 0 Å². The van der Waals surface area contributed by atoms with E-state index in [2.05, 4.69) is 4.98 Å². The summed E-state index contributed by atoms with van der Waals surface area (Å²) < 4.78 is 0. The molecule has 0 aliphatic rings. The van der Waals surface area contributed by atoms with Crippen molar-refractivity contribution >= 4 is 57.3 Å². The van der Waals surface area contributed by atoms with Gasteiger partial charge in [-0.3, -0.25) is 0 Å². The monoisotopic (exact) mass is 329 g/mol. The van der Waals surface area contributed by atoms with Gasteiger partial charge >= 0.3 is 0 Å². The lowest BCUT2D eigenvalue weighted by Crippen LogP contribution is -1.77. The highest BCUT2D eigenvalue weighted by molar-refractivity contribution is 6.43. The van der Waals surface area contributed by atoms with Crippen molar-refractivity contribution in [1.82, 2.24) is 4.98 Å². The second-order valence-electron chi connectivity index (χ2n) is 4.17. The molecule has 1 nitrogen and oxygen atoms in total. The van der Waals surface area contributed by atoms with Gasteiger partial charge in [0.1, 0.15) is 0 Å². The number of nitrogens with one attached hydrogen (secondary N) is 1. The van der Waals surface area contributed by atoms with E-state index in [1.54, 1.807) is 12.1 Å². The summed E-state index contributed by atoms with van der Waals surface area (Å²) in [5, 5.41) is 3.11. The van der Waals surface area contributed by atoms with Crippen molar-refractivity contribution in [3.63, 3.8) is 0 Å². The van der Waals surface area contributed by atoms with Gasteiger partial charge < -0.3 is 4.98 Å². The van der Waals surface area contributed by atoms with Crippen molar-refractivity contribution in [3.8, 4) is 11.3 Å². The molecule has 0 aliphatic heterocycles. The first-order valence-electron chi connectivity index (χ1n) is 5.48. The molecule has 2 aromatic carbocycles. The summed E-state index contributed by atoms with van der Waals surface area (Å²) in [6.07, 6.45) is 0. The molecule has 0 aliphatic carbocycles. The lowest BCUT2D eigenvalue weighted by Gasteiger charge is -2.00. The second kappa shape index (κ2) is 4.92. The van der Waals surface area contributed by atoms with Crippen LogP contribution in [0.3, 0.4) is 0 Å². The molecular formula is C14H7Cl4N. The molecule has 0 atom stereocenters. The summed E-state index contributed by atoms with van der Waals surface area (Å²) in [5.41, 5.74) is 2.82. The van der Waals surface area contributed by atoms with Crippen molar-refractivity contribution in [1.29, 1.82) is 0 Å².